The van der Waals surface area contributed by atoms with Crippen LogP contribution in [0.4, 0.5) is 0 Å². The quantitative estimate of drug-likeness (QED) is 0.361. The zero-order valence-corrected chi connectivity index (χ0v) is 13.7. The molecule has 1 fully saturated rings. The lowest BCUT2D eigenvalue weighted by Gasteiger charge is -2.25. The van der Waals surface area contributed by atoms with Crippen LogP contribution in [0.2, 0.25) is 0 Å². The molecule has 1 unspecified atom stereocenters. The molecule has 0 bridgehead atoms. The highest BCUT2D eigenvalue weighted by atomic mass is 79.9. The van der Waals surface area contributed by atoms with Crippen molar-refractivity contribution in [2.75, 3.05) is 5.75 Å². The van der Waals surface area contributed by atoms with Gasteiger partial charge in [-0.2, -0.15) is 0 Å². The number of hydrogen-bond acceptors (Lipinski definition) is 3. The molecule has 4 heteroatoms. The second kappa shape index (κ2) is 8.30. The van der Waals surface area contributed by atoms with Crippen LogP contribution in [0.25, 0.3) is 0 Å². The van der Waals surface area contributed by atoms with Crippen LogP contribution in [-0.4, -0.2) is 11.8 Å². The fraction of sp³-hybridized carbons (Fsp3) is 0.600. The van der Waals surface area contributed by atoms with Crippen LogP contribution in [-0.2, 0) is 0 Å². The predicted octanol–water partition coefficient (Wildman–Crippen LogP) is 4.34. The lowest BCUT2D eigenvalue weighted by atomic mass is 9.93. The second-order valence-corrected chi connectivity index (χ2v) is 7.18. The van der Waals surface area contributed by atoms with E-state index in [1.54, 1.807) is 0 Å². The second-order valence-electron chi connectivity index (χ2n) is 5.27. The minimum Gasteiger partial charge on any atom is -0.271 e. The van der Waals surface area contributed by atoms with Crippen molar-refractivity contribution in [3.8, 4) is 0 Å². The van der Waals surface area contributed by atoms with Crippen molar-refractivity contribution in [3.05, 3.63) is 28.7 Å². The maximum Gasteiger partial charge on any atom is 0.0332 e. The van der Waals surface area contributed by atoms with Gasteiger partial charge in [0.05, 0.1) is 0 Å². The molecule has 0 amide bonds. The van der Waals surface area contributed by atoms with Crippen molar-refractivity contribution in [3.63, 3.8) is 0 Å². The summed E-state index contributed by atoms with van der Waals surface area (Å²) in [5, 5.41) is 0. The van der Waals surface area contributed by atoms with Gasteiger partial charge in [0.15, 0.2) is 0 Å². The molecule has 2 rings (SSSR count). The summed E-state index contributed by atoms with van der Waals surface area (Å²) in [6.45, 7) is 0. The van der Waals surface area contributed by atoms with E-state index in [-0.39, 0.29) is 0 Å². The molecule has 106 valence electrons. The Hall–Kier alpha value is -0.0300. The van der Waals surface area contributed by atoms with Gasteiger partial charge < -0.3 is 0 Å². The number of rotatable bonds is 5. The minimum absolute atomic E-state index is 0.426. The van der Waals surface area contributed by atoms with Gasteiger partial charge in [0.2, 0.25) is 0 Å². The van der Waals surface area contributed by atoms with Crippen molar-refractivity contribution in [1.29, 1.82) is 0 Å². The molecule has 3 N–H and O–H groups in total. The molecule has 0 spiro atoms. The first-order valence-corrected chi connectivity index (χ1v) is 8.92. The Bertz CT molecular complexity index is 378. The number of hydrogen-bond donors (Lipinski definition) is 2. The summed E-state index contributed by atoms with van der Waals surface area (Å²) in [6, 6.07) is 8.82. The summed E-state index contributed by atoms with van der Waals surface area (Å²) in [4.78, 5) is 1.30. The molecule has 1 aromatic rings. The van der Waals surface area contributed by atoms with Gasteiger partial charge >= 0.3 is 0 Å². The third kappa shape index (κ3) is 4.78. The van der Waals surface area contributed by atoms with E-state index < -0.39 is 0 Å². The number of nitrogens with one attached hydrogen (secondary N) is 1. The molecule has 1 aliphatic rings. The molecular weight excluding hydrogens is 320 g/mol. The number of benzene rings is 1. The smallest absolute Gasteiger partial charge is 0.0332 e. The minimum atomic E-state index is 0.426. The number of thioether (sulfide) groups is 1. The summed E-state index contributed by atoms with van der Waals surface area (Å²) in [5.41, 5.74) is 3.05. The Morgan fingerprint density at radius 3 is 2.53 bits per heavy atom. The summed E-state index contributed by atoms with van der Waals surface area (Å²) < 4.78 is 1.18. The van der Waals surface area contributed by atoms with E-state index in [1.165, 1.54) is 47.9 Å². The number of hydrazine groups is 1. The highest BCUT2D eigenvalue weighted by molar-refractivity contribution is 9.10. The van der Waals surface area contributed by atoms with E-state index in [2.05, 4.69) is 45.6 Å². The lowest BCUT2D eigenvalue weighted by molar-refractivity contribution is 0.346. The summed E-state index contributed by atoms with van der Waals surface area (Å²) >= 11 is 5.50. The van der Waals surface area contributed by atoms with Gasteiger partial charge in [-0.25, -0.2) is 0 Å². The fourth-order valence-electron chi connectivity index (χ4n) is 2.77. The molecule has 1 saturated carbocycles. The molecule has 1 aromatic carbocycles. The molecule has 0 radical (unpaired) electrons. The van der Waals surface area contributed by atoms with Crippen LogP contribution < -0.4 is 11.3 Å². The molecule has 1 atom stereocenters. The van der Waals surface area contributed by atoms with Gasteiger partial charge in [-0.05, 0) is 46.8 Å². The maximum atomic E-state index is 5.78. The average molecular weight is 343 g/mol. The van der Waals surface area contributed by atoms with Gasteiger partial charge in [-0.3, -0.25) is 11.3 Å². The van der Waals surface area contributed by atoms with Crippen LogP contribution in [0, 0.1) is 5.92 Å². The van der Waals surface area contributed by atoms with Gasteiger partial charge in [0.25, 0.3) is 0 Å². The third-order valence-corrected chi connectivity index (χ3v) is 6.08. The summed E-state index contributed by atoms with van der Waals surface area (Å²) in [6.07, 6.45) is 8.16. The van der Waals surface area contributed by atoms with Crippen molar-refractivity contribution in [1.82, 2.24) is 5.43 Å². The largest absolute Gasteiger partial charge is 0.271 e. The Labute approximate surface area is 129 Å². The molecule has 0 saturated heterocycles. The average Bonchev–Trinajstić information content (AvgIpc) is 2.71. The number of halogens is 1. The SMILES string of the molecule is NNC(CSc1ccccc1Br)C1CCCCCC1. The fourth-order valence-corrected chi connectivity index (χ4v) is 4.51. The first kappa shape index (κ1) is 15.4. The normalized spacial score (nSPS) is 19.1. The van der Waals surface area contributed by atoms with Gasteiger partial charge in [0.1, 0.15) is 0 Å². The third-order valence-electron chi connectivity index (χ3n) is 3.94. The Morgan fingerprint density at radius 1 is 1.21 bits per heavy atom. The van der Waals surface area contributed by atoms with Gasteiger partial charge in [-0.15, -0.1) is 11.8 Å². The van der Waals surface area contributed by atoms with E-state index in [4.69, 9.17) is 5.84 Å². The Morgan fingerprint density at radius 2 is 1.89 bits per heavy atom. The van der Waals surface area contributed by atoms with Gasteiger partial charge in [0, 0.05) is 21.2 Å². The molecule has 1 aliphatic carbocycles. The van der Waals surface area contributed by atoms with Crippen molar-refractivity contribution in [2.45, 2.75) is 49.5 Å². The van der Waals surface area contributed by atoms with Gasteiger partial charge in [-0.1, -0.05) is 37.8 Å². The van der Waals surface area contributed by atoms with E-state index in [1.807, 2.05) is 11.8 Å². The highest BCUT2D eigenvalue weighted by Crippen LogP contribution is 2.31. The van der Waals surface area contributed by atoms with E-state index >= 15 is 0 Å². The van der Waals surface area contributed by atoms with E-state index in [0.29, 0.717) is 6.04 Å². The standard InChI is InChI=1S/C15H23BrN2S/c16-13-9-5-6-10-15(13)19-11-14(18-17)12-7-3-1-2-4-8-12/h5-6,9-10,12,14,18H,1-4,7-8,11,17H2. The van der Waals surface area contributed by atoms with Crippen LogP contribution in [0.15, 0.2) is 33.6 Å². The molecule has 0 heterocycles. The molecular formula is C15H23BrN2S. The Kier molecular flexibility index (Phi) is 6.71. The highest BCUT2D eigenvalue weighted by Gasteiger charge is 2.22. The molecule has 0 aliphatic heterocycles. The Balaban J connectivity index is 1.90. The molecule has 0 aromatic heterocycles. The molecule has 19 heavy (non-hydrogen) atoms. The van der Waals surface area contributed by atoms with Crippen LogP contribution in [0.1, 0.15) is 38.5 Å². The maximum absolute atomic E-state index is 5.78. The number of nitrogens with two attached hydrogens (primary N) is 1. The zero-order chi connectivity index (χ0) is 13.5. The molecule has 2 nitrogen and oxygen atoms in total. The van der Waals surface area contributed by atoms with Crippen molar-refractivity contribution < 1.29 is 0 Å². The lowest BCUT2D eigenvalue weighted by Crippen LogP contribution is -2.42. The van der Waals surface area contributed by atoms with Crippen LogP contribution in [0.5, 0.6) is 0 Å². The van der Waals surface area contributed by atoms with Crippen LogP contribution in [0.3, 0.4) is 0 Å². The first-order valence-electron chi connectivity index (χ1n) is 7.14. The van der Waals surface area contributed by atoms with Crippen molar-refractivity contribution >= 4 is 27.7 Å². The monoisotopic (exact) mass is 342 g/mol. The summed E-state index contributed by atoms with van der Waals surface area (Å²) in [7, 11) is 0. The predicted molar refractivity (Wildman–Crippen MR) is 87.2 cm³/mol. The topological polar surface area (TPSA) is 38.0 Å². The zero-order valence-electron chi connectivity index (χ0n) is 11.3. The summed E-state index contributed by atoms with van der Waals surface area (Å²) in [5.74, 6) is 7.57. The first-order chi connectivity index (χ1) is 9.31. The van der Waals surface area contributed by atoms with E-state index in [0.717, 1.165) is 11.7 Å². The van der Waals surface area contributed by atoms with Crippen LogP contribution >= 0.6 is 27.7 Å². The van der Waals surface area contributed by atoms with E-state index in [9.17, 15) is 0 Å². The van der Waals surface area contributed by atoms with Crippen molar-refractivity contribution in [2.24, 2.45) is 11.8 Å².